The number of fused-ring (bicyclic) bond motifs is 1. The van der Waals surface area contributed by atoms with Crippen molar-refractivity contribution in [2.45, 2.75) is 25.7 Å². The fourth-order valence-corrected chi connectivity index (χ4v) is 3.81. The molecule has 1 aliphatic carbocycles. The minimum Gasteiger partial charge on any atom is -0.371 e. The maximum absolute atomic E-state index is 6.33. The second-order valence-electron chi connectivity index (χ2n) is 5.67. The summed E-state index contributed by atoms with van der Waals surface area (Å²) in [5.41, 5.74) is 8.04. The van der Waals surface area contributed by atoms with Crippen molar-refractivity contribution in [1.82, 2.24) is 0 Å². The molecule has 1 saturated carbocycles. The Labute approximate surface area is 114 Å². The second-order valence-corrected chi connectivity index (χ2v) is 6.08. The normalized spacial score (nSPS) is 26.7. The third-order valence-corrected chi connectivity index (χ3v) is 4.89. The fraction of sp³-hybridized carbons (Fsp3) is 0.600. The standard InChI is InChI=1S/C15H21ClN2/c16-15-8-14(5-4-11(15)6-7-17)18-9-12-2-1-3-13(12)10-18/h4-5,8,12-13H,1-3,6-7,9-10,17H2. The molecule has 3 rings (SSSR count). The summed E-state index contributed by atoms with van der Waals surface area (Å²) in [6.07, 6.45) is 5.13. The number of benzene rings is 1. The summed E-state index contributed by atoms with van der Waals surface area (Å²) in [4.78, 5) is 2.51. The van der Waals surface area contributed by atoms with Crippen molar-refractivity contribution >= 4 is 17.3 Å². The predicted molar refractivity (Wildman–Crippen MR) is 77.3 cm³/mol. The minimum absolute atomic E-state index is 0.660. The number of rotatable bonds is 3. The molecule has 2 aliphatic rings. The minimum atomic E-state index is 0.660. The highest BCUT2D eigenvalue weighted by Gasteiger charge is 2.36. The molecule has 1 aliphatic heterocycles. The van der Waals surface area contributed by atoms with Crippen LogP contribution in [0.2, 0.25) is 5.02 Å². The molecule has 0 aromatic heterocycles. The SMILES string of the molecule is NCCc1ccc(N2CC3CCCC3C2)cc1Cl. The van der Waals surface area contributed by atoms with Crippen LogP contribution in [0.25, 0.3) is 0 Å². The van der Waals surface area contributed by atoms with Gasteiger partial charge in [-0.05, 0) is 55.3 Å². The van der Waals surface area contributed by atoms with Crippen molar-refractivity contribution in [2.75, 3.05) is 24.5 Å². The average molecular weight is 265 g/mol. The van der Waals surface area contributed by atoms with Gasteiger partial charge < -0.3 is 10.6 Å². The van der Waals surface area contributed by atoms with E-state index < -0.39 is 0 Å². The van der Waals surface area contributed by atoms with Crippen molar-refractivity contribution in [3.8, 4) is 0 Å². The molecule has 0 amide bonds. The largest absolute Gasteiger partial charge is 0.371 e. The summed E-state index contributed by atoms with van der Waals surface area (Å²) >= 11 is 6.33. The zero-order valence-corrected chi connectivity index (χ0v) is 11.5. The van der Waals surface area contributed by atoms with Crippen LogP contribution in [0.1, 0.15) is 24.8 Å². The molecule has 1 saturated heterocycles. The molecule has 3 heteroatoms. The maximum Gasteiger partial charge on any atom is 0.0459 e. The molecule has 0 radical (unpaired) electrons. The Morgan fingerprint density at radius 3 is 2.56 bits per heavy atom. The molecule has 1 aromatic carbocycles. The molecule has 0 bridgehead atoms. The van der Waals surface area contributed by atoms with E-state index in [-0.39, 0.29) is 0 Å². The Hall–Kier alpha value is -0.730. The Kier molecular flexibility index (Phi) is 3.49. The van der Waals surface area contributed by atoms with Crippen LogP contribution >= 0.6 is 11.6 Å². The molecule has 2 N–H and O–H groups in total. The molecule has 2 atom stereocenters. The highest BCUT2D eigenvalue weighted by atomic mass is 35.5. The number of nitrogens with zero attached hydrogens (tertiary/aromatic N) is 1. The third-order valence-electron chi connectivity index (χ3n) is 4.54. The van der Waals surface area contributed by atoms with Crippen LogP contribution < -0.4 is 10.6 Å². The van der Waals surface area contributed by atoms with E-state index in [4.69, 9.17) is 17.3 Å². The Balaban J connectivity index is 1.75. The van der Waals surface area contributed by atoms with Gasteiger partial charge in [0.05, 0.1) is 0 Å². The summed E-state index contributed by atoms with van der Waals surface area (Å²) in [5, 5.41) is 0.870. The van der Waals surface area contributed by atoms with Crippen LogP contribution in [-0.4, -0.2) is 19.6 Å². The number of halogens is 1. The quantitative estimate of drug-likeness (QED) is 0.909. The van der Waals surface area contributed by atoms with Crippen LogP contribution in [0.5, 0.6) is 0 Å². The first kappa shape index (κ1) is 12.3. The number of nitrogens with two attached hydrogens (primary N) is 1. The summed E-state index contributed by atoms with van der Waals surface area (Å²) < 4.78 is 0. The average Bonchev–Trinajstić information content (AvgIpc) is 2.92. The van der Waals surface area contributed by atoms with E-state index in [9.17, 15) is 0 Å². The summed E-state index contributed by atoms with van der Waals surface area (Å²) in [7, 11) is 0. The van der Waals surface area contributed by atoms with E-state index in [1.165, 1.54) is 43.6 Å². The Morgan fingerprint density at radius 2 is 1.94 bits per heavy atom. The van der Waals surface area contributed by atoms with Gasteiger partial charge in [0.1, 0.15) is 0 Å². The lowest BCUT2D eigenvalue weighted by Gasteiger charge is -2.20. The van der Waals surface area contributed by atoms with E-state index in [2.05, 4.69) is 23.1 Å². The Morgan fingerprint density at radius 1 is 1.22 bits per heavy atom. The highest BCUT2D eigenvalue weighted by molar-refractivity contribution is 6.31. The first-order valence-corrected chi connectivity index (χ1v) is 7.39. The zero-order valence-electron chi connectivity index (χ0n) is 10.7. The van der Waals surface area contributed by atoms with Crippen LogP contribution in [0.4, 0.5) is 5.69 Å². The molecule has 2 fully saturated rings. The predicted octanol–water partition coefficient (Wildman–Crippen LogP) is 3.08. The topological polar surface area (TPSA) is 29.3 Å². The lowest BCUT2D eigenvalue weighted by atomic mass is 10.0. The smallest absolute Gasteiger partial charge is 0.0459 e. The molecule has 2 unspecified atom stereocenters. The molecule has 0 spiro atoms. The van der Waals surface area contributed by atoms with Crippen molar-refractivity contribution in [3.63, 3.8) is 0 Å². The van der Waals surface area contributed by atoms with Gasteiger partial charge in [0.25, 0.3) is 0 Å². The molecule has 98 valence electrons. The van der Waals surface area contributed by atoms with Crippen LogP contribution in [-0.2, 0) is 6.42 Å². The van der Waals surface area contributed by atoms with Crippen LogP contribution in [0.15, 0.2) is 18.2 Å². The molecular weight excluding hydrogens is 244 g/mol. The second kappa shape index (κ2) is 5.10. The van der Waals surface area contributed by atoms with Gasteiger partial charge in [0.15, 0.2) is 0 Å². The maximum atomic E-state index is 6.33. The lowest BCUT2D eigenvalue weighted by Crippen LogP contribution is -2.20. The number of anilines is 1. The van der Waals surface area contributed by atoms with Crippen molar-refractivity contribution in [3.05, 3.63) is 28.8 Å². The monoisotopic (exact) mass is 264 g/mol. The van der Waals surface area contributed by atoms with Crippen molar-refractivity contribution in [1.29, 1.82) is 0 Å². The van der Waals surface area contributed by atoms with Gasteiger partial charge in [0.2, 0.25) is 0 Å². The number of hydrogen-bond acceptors (Lipinski definition) is 2. The number of hydrogen-bond donors (Lipinski definition) is 1. The van der Waals surface area contributed by atoms with Crippen molar-refractivity contribution < 1.29 is 0 Å². The van der Waals surface area contributed by atoms with Gasteiger partial charge in [-0.15, -0.1) is 0 Å². The molecule has 2 nitrogen and oxygen atoms in total. The van der Waals surface area contributed by atoms with Gasteiger partial charge >= 0.3 is 0 Å². The molecule has 1 aromatic rings. The first-order valence-electron chi connectivity index (χ1n) is 7.01. The van der Waals surface area contributed by atoms with E-state index in [0.717, 1.165) is 23.3 Å². The summed E-state index contributed by atoms with van der Waals surface area (Å²) in [5.74, 6) is 1.85. The molecule has 1 heterocycles. The van der Waals surface area contributed by atoms with E-state index in [1.54, 1.807) is 0 Å². The van der Waals surface area contributed by atoms with Crippen LogP contribution in [0, 0.1) is 11.8 Å². The molecular formula is C15H21ClN2. The van der Waals surface area contributed by atoms with Crippen LogP contribution in [0.3, 0.4) is 0 Å². The molecule has 18 heavy (non-hydrogen) atoms. The van der Waals surface area contributed by atoms with Crippen molar-refractivity contribution in [2.24, 2.45) is 17.6 Å². The van der Waals surface area contributed by atoms with Gasteiger partial charge in [-0.1, -0.05) is 24.1 Å². The van der Waals surface area contributed by atoms with Gasteiger partial charge in [-0.3, -0.25) is 0 Å². The van der Waals surface area contributed by atoms with E-state index in [1.807, 2.05) is 0 Å². The highest BCUT2D eigenvalue weighted by Crippen LogP contribution is 2.40. The van der Waals surface area contributed by atoms with E-state index >= 15 is 0 Å². The van der Waals surface area contributed by atoms with E-state index in [0.29, 0.717) is 6.54 Å². The van der Waals surface area contributed by atoms with Gasteiger partial charge in [-0.25, -0.2) is 0 Å². The zero-order chi connectivity index (χ0) is 12.5. The Bertz CT molecular complexity index is 421. The summed E-state index contributed by atoms with van der Waals surface area (Å²) in [6.45, 7) is 3.10. The first-order chi connectivity index (χ1) is 8.78. The summed E-state index contributed by atoms with van der Waals surface area (Å²) in [6, 6.07) is 6.46. The third kappa shape index (κ3) is 2.24. The lowest BCUT2D eigenvalue weighted by molar-refractivity contribution is 0.494. The fourth-order valence-electron chi connectivity index (χ4n) is 3.54. The van der Waals surface area contributed by atoms with Gasteiger partial charge in [-0.2, -0.15) is 0 Å². The van der Waals surface area contributed by atoms with Gasteiger partial charge in [0, 0.05) is 23.8 Å².